The van der Waals surface area contributed by atoms with Crippen LogP contribution in [0.25, 0.3) is 0 Å². The Bertz CT molecular complexity index is 314. The minimum Gasteiger partial charge on any atom is -0.468 e. The maximum Gasteiger partial charge on any atom is 0.324 e. The van der Waals surface area contributed by atoms with Crippen molar-refractivity contribution in [2.24, 2.45) is 0 Å². The van der Waals surface area contributed by atoms with Gasteiger partial charge in [-0.25, -0.2) is 0 Å². The van der Waals surface area contributed by atoms with Gasteiger partial charge in [0.15, 0.2) is 0 Å². The molecule has 0 amide bonds. The Morgan fingerprint density at radius 1 is 1.38 bits per heavy atom. The maximum absolute atomic E-state index is 11.4. The molecule has 0 aliphatic heterocycles. The maximum atomic E-state index is 11.4. The minimum absolute atomic E-state index is 0.245. The predicted octanol–water partition coefficient (Wildman–Crippen LogP) is 0.537. The number of methoxy groups -OCH3 is 1. The van der Waals surface area contributed by atoms with Gasteiger partial charge in [-0.15, -0.1) is 0 Å². The fraction of sp³-hybridized carbons (Fsp3) is 0.417. The molecule has 16 heavy (non-hydrogen) atoms. The van der Waals surface area contributed by atoms with Gasteiger partial charge in [-0.3, -0.25) is 10.1 Å². The largest absolute Gasteiger partial charge is 0.468 e. The van der Waals surface area contributed by atoms with E-state index < -0.39 is 0 Å². The highest BCUT2D eigenvalue weighted by molar-refractivity contribution is 5.75. The van der Waals surface area contributed by atoms with Gasteiger partial charge in [0.1, 0.15) is 6.04 Å². The summed E-state index contributed by atoms with van der Waals surface area (Å²) < 4.78 is 4.71. The Morgan fingerprint density at radius 3 is 2.62 bits per heavy atom. The SMILES string of the molecule is CNCC(NCc1ccccc1)C(=O)OC. The van der Waals surface area contributed by atoms with Crippen molar-refractivity contribution in [2.75, 3.05) is 20.7 Å². The lowest BCUT2D eigenvalue weighted by Gasteiger charge is -2.15. The Balaban J connectivity index is 2.47. The van der Waals surface area contributed by atoms with Gasteiger partial charge in [0.2, 0.25) is 0 Å². The molecule has 0 heterocycles. The number of nitrogens with one attached hydrogen (secondary N) is 2. The van der Waals surface area contributed by atoms with E-state index in [1.54, 1.807) is 7.05 Å². The molecule has 4 heteroatoms. The summed E-state index contributed by atoms with van der Waals surface area (Å²) in [6.45, 7) is 1.21. The zero-order chi connectivity index (χ0) is 11.8. The standard InChI is InChI=1S/C12H18N2O2/c1-13-9-11(12(15)16-2)14-8-10-6-4-3-5-7-10/h3-7,11,13-14H,8-9H2,1-2H3. The number of hydrogen-bond donors (Lipinski definition) is 2. The van der Waals surface area contributed by atoms with Crippen LogP contribution in [-0.4, -0.2) is 32.7 Å². The first-order valence-electron chi connectivity index (χ1n) is 5.27. The topological polar surface area (TPSA) is 50.4 Å². The van der Waals surface area contributed by atoms with Gasteiger partial charge in [0.25, 0.3) is 0 Å². The minimum atomic E-state index is -0.310. The molecule has 0 fully saturated rings. The normalized spacial score (nSPS) is 12.1. The number of carbonyl (C=O) groups excluding carboxylic acids is 1. The van der Waals surface area contributed by atoms with Gasteiger partial charge in [0, 0.05) is 13.1 Å². The van der Waals surface area contributed by atoms with Gasteiger partial charge >= 0.3 is 5.97 Å². The van der Waals surface area contributed by atoms with E-state index in [0.717, 1.165) is 5.56 Å². The first-order valence-corrected chi connectivity index (χ1v) is 5.27. The number of ether oxygens (including phenoxy) is 1. The smallest absolute Gasteiger partial charge is 0.324 e. The quantitative estimate of drug-likeness (QED) is 0.690. The zero-order valence-electron chi connectivity index (χ0n) is 9.69. The van der Waals surface area contributed by atoms with Crippen molar-refractivity contribution in [1.29, 1.82) is 0 Å². The van der Waals surface area contributed by atoms with Crippen LogP contribution >= 0.6 is 0 Å². The highest BCUT2D eigenvalue weighted by Crippen LogP contribution is 1.98. The lowest BCUT2D eigenvalue weighted by Crippen LogP contribution is -2.44. The molecule has 1 atom stereocenters. The van der Waals surface area contributed by atoms with E-state index in [2.05, 4.69) is 10.6 Å². The molecule has 1 aromatic carbocycles. The number of benzene rings is 1. The number of esters is 1. The van der Waals surface area contributed by atoms with Gasteiger partial charge < -0.3 is 10.1 Å². The third-order valence-electron chi connectivity index (χ3n) is 2.29. The van der Waals surface area contributed by atoms with Crippen molar-refractivity contribution in [2.45, 2.75) is 12.6 Å². The summed E-state index contributed by atoms with van der Waals surface area (Å²) in [5, 5.41) is 6.11. The Kier molecular flexibility index (Phi) is 5.53. The Hall–Kier alpha value is -1.39. The molecule has 1 unspecified atom stereocenters. The van der Waals surface area contributed by atoms with Crippen molar-refractivity contribution in [3.8, 4) is 0 Å². The number of rotatable bonds is 6. The molecule has 0 saturated carbocycles. The summed E-state index contributed by atoms with van der Waals surface area (Å²) in [6.07, 6.45) is 0. The molecule has 0 saturated heterocycles. The van der Waals surface area contributed by atoms with Crippen LogP contribution in [0.2, 0.25) is 0 Å². The van der Waals surface area contributed by atoms with Crippen molar-refractivity contribution in [1.82, 2.24) is 10.6 Å². The Labute approximate surface area is 96.0 Å². The molecule has 4 nitrogen and oxygen atoms in total. The number of hydrogen-bond acceptors (Lipinski definition) is 4. The third-order valence-corrected chi connectivity index (χ3v) is 2.29. The van der Waals surface area contributed by atoms with E-state index in [1.165, 1.54) is 7.11 Å². The first-order chi connectivity index (χ1) is 7.77. The third kappa shape index (κ3) is 4.00. The van der Waals surface area contributed by atoms with E-state index in [0.29, 0.717) is 13.1 Å². The molecule has 2 N–H and O–H groups in total. The van der Waals surface area contributed by atoms with Gasteiger partial charge in [-0.05, 0) is 12.6 Å². The molecule has 0 bridgehead atoms. The predicted molar refractivity (Wildman–Crippen MR) is 63.0 cm³/mol. The van der Waals surface area contributed by atoms with Gasteiger partial charge in [-0.1, -0.05) is 30.3 Å². The zero-order valence-corrected chi connectivity index (χ0v) is 9.69. The molecule has 1 aromatic rings. The van der Waals surface area contributed by atoms with Crippen molar-refractivity contribution >= 4 is 5.97 Å². The molecule has 1 rings (SSSR count). The summed E-state index contributed by atoms with van der Waals surface area (Å²) in [5.74, 6) is -0.245. The summed E-state index contributed by atoms with van der Waals surface area (Å²) in [7, 11) is 3.20. The summed E-state index contributed by atoms with van der Waals surface area (Å²) in [6, 6.07) is 9.64. The van der Waals surface area contributed by atoms with Crippen LogP contribution < -0.4 is 10.6 Å². The van der Waals surface area contributed by atoms with E-state index in [9.17, 15) is 4.79 Å². The van der Waals surface area contributed by atoms with Gasteiger partial charge in [-0.2, -0.15) is 0 Å². The van der Waals surface area contributed by atoms with Crippen molar-refractivity contribution in [3.63, 3.8) is 0 Å². The van der Waals surface area contributed by atoms with Crippen LogP contribution in [0.3, 0.4) is 0 Å². The monoisotopic (exact) mass is 222 g/mol. The van der Waals surface area contributed by atoms with Crippen LogP contribution in [0, 0.1) is 0 Å². The highest BCUT2D eigenvalue weighted by Gasteiger charge is 2.16. The second-order valence-corrected chi connectivity index (χ2v) is 3.50. The van der Waals surface area contributed by atoms with E-state index >= 15 is 0 Å². The summed E-state index contributed by atoms with van der Waals surface area (Å²) in [4.78, 5) is 11.4. The lowest BCUT2D eigenvalue weighted by molar-refractivity contribution is -0.143. The summed E-state index contributed by atoms with van der Waals surface area (Å²) >= 11 is 0. The van der Waals surface area contributed by atoms with Crippen LogP contribution in [0.5, 0.6) is 0 Å². The van der Waals surface area contributed by atoms with Crippen molar-refractivity contribution < 1.29 is 9.53 Å². The van der Waals surface area contributed by atoms with Crippen LogP contribution in [0.15, 0.2) is 30.3 Å². The average Bonchev–Trinajstić information content (AvgIpc) is 2.34. The molecule has 0 radical (unpaired) electrons. The molecule has 0 spiro atoms. The average molecular weight is 222 g/mol. The Morgan fingerprint density at radius 2 is 2.06 bits per heavy atom. The highest BCUT2D eigenvalue weighted by atomic mass is 16.5. The molecule has 0 aliphatic rings. The lowest BCUT2D eigenvalue weighted by atomic mass is 10.2. The van der Waals surface area contributed by atoms with Crippen molar-refractivity contribution in [3.05, 3.63) is 35.9 Å². The molecular weight excluding hydrogens is 204 g/mol. The molecule has 0 aliphatic carbocycles. The summed E-state index contributed by atoms with van der Waals surface area (Å²) in [5.41, 5.74) is 1.15. The van der Waals surface area contributed by atoms with Gasteiger partial charge in [0.05, 0.1) is 7.11 Å². The van der Waals surface area contributed by atoms with Crippen LogP contribution in [0.1, 0.15) is 5.56 Å². The number of likely N-dealkylation sites (N-methyl/N-ethyl adjacent to an activating group) is 1. The molecule has 88 valence electrons. The first kappa shape index (κ1) is 12.7. The fourth-order valence-electron chi connectivity index (χ4n) is 1.42. The van der Waals surface area contributed by atoms with E-state index in [1.807, 2.05) is 30.3 Å². The second-order valence-electron chi connectivity index (χ2n) is 3.50. The number of carbonyl (C=O) groups is 1. The van der Waals surface area contributed by atoms with E-state index in [4.69, 9.17) is 4.74 Å². The van der Waals surface area contributed by atoms with E-state index in [-0.39, 0.29) is 12.0 Å². The molecule has 0 aromatic heterocycles. The van der Waals surface area contributed by atoms with Crippen LogP contribution in [-0.2, 0) is 16.1 Å². The van der Waals surface area contributed by atoms with Crippen LogP contribution in [0.4, 0.5) is 0 Å². The second kappa shape index (κ2) is 6.98. The molecular formula is C12H18N2O2. The fourth-order valence-corrected chi connectivity index (χ4v) is 1.42.